The predicted molar refractivity (Wildman–Crippen MR) is 72.6 cm³/mol. The molecular weight excluding hydrogens is 262 g/mol. The number of ether oxygens (including phenoxy) is 1. The van der Waals surface area contributed by atoms with Crippen LogP contribution in [0.2, 0.25) is 0 Å². The lowest BCUT2D eigenvalue weighted by Crippen LogP contribution is -2.01. The normalized spacial score (nSPS) is 10.2. The van der Waals surface area contributed by atoms with E-state index in [-0.39, 0.29) is 24.0 Å². The summed E-state index contributed by atoms with van der Waals surface area (Å²) in [6, 6.07) is 9.78. The zero-order chi connectivity index (χ0) is 14.5. The molecule has 0 aliphatic rings. The van der Waals surface area contributed by atoms with E-state index in [1.165, 1.54) is 12.1 Å². The van der Waals surface area contributed by atoms with Gasteiger partial charge in [0.15, 0.2) is 0 Å². The number of benzene rings is 1. The third-order valence-corrected chi connectivity index (χ3v) is 2.64. The Hall–Kier alpha value is -2.67. The average Bonchev–Trinajstić information content (AvgIpc) is 2.41. The van der Waals surface area contributed by atoms with E-state index in [2.05, 4.69) is 4.98 Å². The highest BCUT2D eigenvalue weighted by Gasteiger charge is 2.14. The molecule has 0 spiro atoms. The van der Waals surface area contributed by atoms with Crippen molar-refractivity contribution in [2.45, 2.75) is 6.42 Å². The predicted octanol–water partition coefficient (Wildman–Crippen LogP) is 1.90. The maximum atomic E-state index is 10.6. The van der Waals surface area contributed by atoms with Crippen molar-refractivity contribution in [3.05, 3.63) is 52.1 Å². The molecule has 1 aromatic carbocycles. The first-order chi connectivity index (χ1) is 9.61. The third kappa shape index (κ3) is 3.01. The van der Waals surface area contributed by atoms with Crippen LogP contribution in [0, 0.1) is 10.1 Å². The van der Waals surface area contributed by atoms with Crippen LogP contribution < -0.4 is 10.5 Å². The van der Waals surface area contributed by atoms with Crippen LogP contribution in [0.3, 0.4) is 0 Å². The number of aromatic nitrogens is 1. The number of aliphatic hydroxyl groups excluding tert-OH is 1. The first kappa shape index (κ1) is 13.8. The van der Waals surface area contributed by atoms with Gasteiger partial charge >= 0.3 is 5.69 Å². The van der Waals surface area contributed by atoms with Gasteiger partial charge in [-0.25, -0.2) is 0 Å². The van der Waals surface area contributed by atoms with Crippen molar-refractivity contribution in [3.63, 3.8) is 0 Å². The van der Waals surface area contributed by atoms with Crippen molar-refractivity contribution >= 4 is 11.5 Å². The molecule has 20 heavy (non-hydrogen) atoms. The number of pyridine rings is 1. The monoisotopic (exact) mass is 275 g/mol. The first-order valence-electron chi connectivity index (χ1n) is 5.89. The second-order valence-corrected chi connectivity index (χ2v) is 3.99. The quantitative estimate of drug-likeness (QED) is 0.636. The van der Waals surface area contributed by atoms with Gasteiger partial charge in [-0.15, -0.1) is 0 Å². The maximum Gasteiger partial charge on any atom is 0.311 e. The summed E-state index contributed by atoms with van der Waals surface area (Å²) in [7, 11) is 0. The minimum Gasteiger partial charge on any atom is -0.439 e. The molecule has 1 heterocycles. The Labute approximate surface area is 114 Å². The van der Waals surface area contributed by atoms with Crippen LogP contribution in [0.5, 0.6) is 11.6 Å². The number of hydrogen-bond donors (Lipinski definition) is 2. The second kappa shape index (κ2) is 5.98. The fourth-order valence-electron chi connectivity index (χ4n) is 1.70. The van der Waals surface area contributed by atoms with Gasteiger partial charge in [-0.1, -0.05) is 18.2 Å². The minimum absolute atomic E-state index is 0.00377. The summed E-state index contributed by atoms with van der Waals surface area (Å²) in [5, 5.41) is 19.6. The molecule has 2 rings (SSSR count). The molecule has 2 aromatic rings. The molecule has 0 atom stereocenters. The summed E-state index contributed by atoms with van der Waals surface area (Å²) in [6.45, 7) is -0.00377. The third-order valence-electron chi connectivity index (χ3n) is 2.64. The minimum atomic E-state index is -0.605. The van der Waals surface area contributed by atoms with Crippen LogP contribution in [0.4, 0.5) is 11.5 Å². The van der Waals surface area contributed by atoms with E-state index in [0.29, 0.717) is 12.2 Å². The van der Waals surface area contributed by atoms with Crippen molar-refractivity contribution in [3.8, 4) is 11.6 Å². The van der Waals surface area contributed by atoms with E-state index < -0.39 is 4.92 Å². The lowest BCUT2D eigenvalue weighted by molar-refractivity contribution is -0.384. The van der Waals surface area contributed by atoms with Gasteiger partial charge in [0.25, 0.3) is 0 Å². The molecule has 104 valence electrons. The number of para-hydroxylation sites is 1. The zero-order valence-electron chi connectivity index (χ0n) is 10.5. The largest absolute Gasteiger partial charge is 0.439 e. The second-order valence-electron chi connectivity index (χ2n) is 3.99. The summed E-state index contributed by atoms with van der Waals surface area (Å²) >= 11 is 0. The van der Waals surface area contributed by atoms with Crippen LogP contribution in [0.1, 0.15) is 5.56 Å². The average molecular weight is 275 g/mol. The van der Waals surface area contributed by atoms with E-state index in [9.17, 15) is 10.1 Å². The van der Waals surface area contributed by atoms with Crippen LogP contribution in [0.15, 0.2) is 36.4 Å². The molecular formula is C13H13N3O4. The van der Waals surface area contributed by atoms with E-state index in [0.717, 1.165) is 5.56 Å². The Morgan fingerprint density at radius 3 is 2.70 bits per heavy atom. The molecule has 0 bridgehead atoms. The van der Waals surface area contributed by atoms with E-state index in [1.807, 2.05) is 12.1 Å². The molecule has 0 radical (unpaired) electrons. The first-order valence-corrected chi connectivity index (χ1v) is 5.89. The summed E-state index contributed by atoms with van der Waals surface area (Å²) in [5.41, 5.74) is 6.05. The molecule has 0 aliphatic carbocycles. The molecule has 0 unspecified atom stereocenters. The Bertz CT molecular complexity index is 631. The number of nitrogen functional groups attached to an aromatic ring is 1. The molecule has 7 heteroatoms. The lowest BCUT2D eigenvalue weighted by atomic mass is 10.1. The van der Waals surface area contributed by atoms with Crippen molar-refractivity contribution in [2.75, 3.05) is 12.3 Å². The molecule has 3 N–H and O–H groups in total. The van der Waals surface area contributed by atoms with Gasteiger partial charge in [-0.05, 0) is 18.1 Å². The van der Waals surface area contributed by atoms with Gasteiger partial charge in [-0.2, -0.15) is 4.98 Å². The summed E-state index contributed by atoms with van der Waals surface area (Å²) in [6.07, 6.45) is 0.443. The number of nitrogens with zero attached hydrogens (tertiary/aromatic N) is 2. The van der Waals surface area contributed by atoms with E-state index in [1.54, 1.807) is 12.1 Å². The summed E-state index contributed by atoms with van der Waals surface area (Å²) in [5.74, 6) is 0.493. The number of rotatable bonds is 5. The molecule has 7 nitrogen and oxygen atoms in total. The number of hydrogen-bond acceptors (Lipinski definition) is 6. The van der Waals surface area contributed by atoms with Gasteiger partial charge in [0.1, 0.15) is 5.75 Å². The standard InChI is InChI=1S/C13H13N3O4/c14-13-10(16(18)19)5-6-12(15-13)20-11-4-2-1-3-9(11)7-8-17/h1-6,17H,7-8H2,(H2,14,15). The number of aliphatic hydroxyl groups is 1. The van der Waals surface area contributed by atoms with Crippen molar-refractivity contribution in [1.29, 1.82) is 0 Å². The molecule has 0 amide bonds. The topological polar surface area (TPSA) is 112 Å². The Balaban J connectivity index is 2.26. The Morgan fingerprint density at radius 2 is 2.05 bits per heavy atom. The number of anilines is 1. The fraction of sp³-hybridized carbons (Fsp3) is 0.154. The summed E-state index contributed by atoms with van der Waals surface area (Å²) in [4.78, 5) is 13.9. The van der Waals surface area contributed by atoms with Crippen LogP contribution >= 0.6 is 0 Å². The van der Waals surface area contributed by atoms with Gasteiger partial charge in [0.2, 0.25) is 11.7 Å². The fourth-order valence-corrected chi connectivity index (χ4v) is 1.70. The van der Waals surface area contributed by atoms with E-state index in [4.69, 9.17) is 15.6 Å². The number of nitrogens with two attached hydrogens (primary N) is 1. The van der Waals surface area contributed by atoms with Gasteiger partial charge in [0.05, 0.1) is 4.92 Å². The molecule has 0 fully saturated rings. The summed E-state index contributed by atoms with van der Waals surface area (Å²) < 4.78 is 5.55. The molecule has 0 aliphatic heterocycles. The zero-order valence-corrected chi connectivity index (χ0v) is 10.5. The Morgan fingerprint density at radius 1 is 1.30 bits per heavy atom. The maximum absolute atomic E-state index is 10.6. The highest BCUT2D eigenvalue weighted by molar-refractivity contribution is 5.53. The molecule has 0 saturated heterocycles. The molecule has 0 saturated carbocycles. The molecule has 1 aromatic heterocycles. The van der Waals surface area contributed by atoms with E-state index >= 15 is 0 Å². The van der Waals surface area contributed by atoms with Gasteiger partial charge in [0, 0.05) is 18.7 Å². The highest BCUT2D eigenvalue weighted by Crippen LogP contribution is 2.27. The smallest absolute Gasteiger partial charge is 0.311 e. The van der Waals surface area contributed by atoms with Crippen LogP contribution in [0.25, 0.3) is 0 Å². The van der Waals surface area contributed by atoms with Crippen molar-refractivity contribution in [2.24, 2.45) is 0 Å². The van der Waals surface area contributed by atoms with Crippen molar-refractivity contribution in [1.82, 2.24) is 4.98 Å². The van der Waals surface area contributed by atoms with Gasteiger partial charge < -0.3 is 15.6 Å². The Kier molecular flexibility index (Phi) is 4.11. The van der Waals surface area contributed by atoms with Crippen LogP contribution in [-0.4, -0.2) is 21.6 Å². The van der Waals surface area contributed by atoms with Gasteiger partial charge in [-0.3, -0.25) is 10.1 Å². The number of nitro groups is 1. The van der Waals surface area contributed by atoms with Crippen LogP contribution in [-0.2, 0) is 6.42 Å². The SMILES string of the molecule is Nc1nc(Oc2ccccc2CCO)ccc1[N+](=O)[O-]. The van der Waals surface area contributed by atoms with Crippen molar-refractivity contribution < 1.29 is 14.8 Å². The lowest BCUT2D eigenvalue weighted by Gasteiger charge is -2.09. The highest BCUT2D eigenvalue weighted by atomic mass is 16.6.